The SMILES string of the molecule is CCc1ccc(S(=O)(=O)O/N=C2/c3c(ccc4ccccc34)OC2C)cc1. The van der Waals surface area contributed by atoms with E-state index in [1.54, 1.807) is 12.1 Å². The van der Waals surface area contributed by atoms with Crippen LogP contribution >= 0.6 is 0 Å². The van der Waals surface area contributed by atoms with Gasteiger partial charge in [0.2, 0.25) is 0 Å². The van der Waals surface area contributed by atoms with Gasteiger partial charge in [0.05, 0.1) is 5.56 Å². The molecule has 0 saturated heterocycles. The summed E-state index contributed by atoms with van der Waals surface area (Å²) in [6, 6.07) is 18.3. The van der Waals surface area contributed by atoms with Crippen LogP contribution in [0, 0.1) is 0 Å². The Kier molecular flexibility index (Phi) is 4.36. The number of nitrogens with zero attached hydrogens (tertiary/aromatic N) is 1. The van der Waals surface area contributed by atoms with Gasteiger partial charge in [-0.15, -0.1) is 0 Å². The first-order valence-corrected chi connectivity index (χ1v) is 10.2. The Balaban J connectivity index is 1.72. The number of oxime groups is 1. The van der Waals surface area contributed by atoms with Crippen LogP contribution in [0.4, 0.5) is 0 Å². The summed E-state index contributed by atoms with van der Waals surface area (Å²) in [5.41, 5.74) is 2.30. The van der Waals surface area contributed by atoms with Crippen LogP contribution in [-0.2, 0) is 20.8 Å². The first-order valence-electron chi connectivity index (χ1n) is 8.79. The first kappa shape index (κ1) is 17.5. The number of aryl methyl sites for hydroxylation is 1. The molecule has 27 heavy (non-hydrogen) atoms. The topological polar surface area (TPSA) is 65.0 Å². The number of benzene rings is 3. The molecule has 0 N–H and O–H groups in total. The molecule has 4 rings (SSSR count). The molecule has 0 saturated carbocycles. The Morgan fingerprint density at radius 2 is 1.78 bits per heavy atom. The molecule has 0 bridgehead atoms. The fourth-order valence-corrected chi connectivity index (χ4v) is 3.94. The van der Waals surface area contributed by atoms with Gasteiger partial charge in [-0.1, -0.05) is 54.5 Å². The molecule has 0 amide bonds. The maximum atomic E-state index is 12.5. The molecule has 1 unspecified atom stereocenters. The van der Waals surface area contributed by atoms with E-state index in [9.17, 15) is 8.42 Å². The number of hydrogen-bond acceptors (Lipinski definition) is 5. The van der Waals surface area contributed by atoms with Crippen molar-refractivity contribution in [2.75, 3.05) is 0 Å². The molecule has 1 heterocycles. The van der Waals surface area contributed by atoms with Crippen molar-refractivity contribution in [3.63, 3.8) is 0 Å². The van der Waals surface area contributed by atoms with Crippen molar-refractivity contribution in [3.05, 3.63) is 71.8 Å². The third kappa shape index (κ3) is 3.17. The number of rotatable bonds is 4. The summed E-state index contributed by atoms with van der Waals surface area (Å²) < 4.78 is 35.9. The molecule has 3 aromatic carbocycles. The van der Waals surface area contributed by atoms with Gasteiger partial charge in [0, 0.05) is 0 Å². The fourth-order valence-electron chi connectivity index (χ4n) is 3.21. The van der Waals surface area contributed by atoms with Gasteiger partial charge in [0.1, 0.15) is 22.5 Å². The lowest BCUT2D eigenvalue weighted by molar-refractivity contribution is 0.291. The molecule has 1 aliphatic rings. The van der Waals surface area contributed by atoms with Crippen LogP contribution in [-0.4, -0.2) is 20.2 Å². The molecular formula is C21H19NO4S. The number of ether oxygens (including phenoxy) is 1. The van der Waals surface area contributed by atoms with Gasteiger partial charge in [-0.25, -0.2) is 0 Å². The zero-order valence-corrected chi connectivity index (χ0v) is 15.9. The van der Waals surface area contributed by atoms with Crippen molar-refractivity contribution in [1.82, 2.24) is 0 Å². The van der Waals surface area contributed by atoms with E-state index in [0.29, 0.717) is 11.5 Å². The number of fused-ring (bicyclic) bond motifs is 3. The minimum Gasteiger partial charge on any atom is -0.484 e. The molecule has 0 radical (unpaired) electrons. The van der Waals surface area contributed by atoms with Crippen molar-refractivity contribution < 1.29 is 17.4 Å². The standard InChI is InChI=1S/C21H19NO4S/c1-3-15-8-11-17(12-9-15)27(23,24)26-22-21-14(2)25-19-13-10-16-6-4-5-7-18(16)20(19)21/h4-14H,3H2,1-2H3/b22-21+. The average Bonchev–Trinajstić information content (AvgIpc) is 3.02. The van der Waals surface area contributed by atoms with Crippen molar-refractivity contribution in [2.45, 2.75) is 31.3 Å². The van der Waals surface area contributed by atoms with Gasteiger partial charge < -0.3 is 4.74 Å². The molecule has 0 aliphatic carbocycles. The van der Waals surface area contributed by atoms with E-state index in [4.69, 9.17) is 9.02 Å². The molecule has 0 spiro atoms. The molecule has 1 atom stereocenters. The molecule has 6 heteroatoms. The van der Waals surface area contributed by atoms with E-state index in [1.807, 2.05) is 50.2 Å². The molecule has 5 nitrogen and oxygen atoms in total. The molecular weight excluding hydrogens is 362 g/mol. The Morgan fingerprint density at radius 1 is 1.04 bits per heavy atom. The van der Waals surface area contributed by atoms with E-state index in [-0.39, 0.29) is 4.90 Å². The van der Waals surface area contributed by atoms with E-state index in [0.717, 1.165) is 28.3 Å². The highest BCUT2D eigenvalue weighted by Crippen LogP contribution is 2.35. The van der Waals surface area contributed by atoms with Crippen molar-refractivity contribution in [3.8, 4) is 5.75 Å². The maximum Gasteiger partial charge on any atom is 0.358 e. The Labute approximate surface area is 158 Å². The largest absolute Gasteiger partial charge is 0.484 e. The van der Waals surface area contributed by atoms with Crippen molar-refractivity contribution >= 4 is 26.6 Å². The third-order valence-electron chi connectivity index (χ3n) is 4.69. The normalized spacial score (nSPS) is 17.7. The summed E-state index contributed by atoms with van der Waals surface area (Å²) in [6.07, 6.45) is 0.436. The highest BCUT2D eigenvalue weighted by Gasteiger charge is 2.30. The van der Waals surface area contributed by atoms with Crippen LogP contribution in [0.1, 0.15) is 25.0 Å². The average molecular weight is 381 g/mol. The quantitative estimate of drug-likeness (QED) is 0.632. The van der Waals surface area contributed by atoms with E-state index < -0.39 is 16.2 Å². The Morgan fingerprint density at radius 3 is 2.52 bits per heavy atom. The second-order valence-corrected chi connectivity index (χ2v) is 7.95. The van der Waals surface area contributed by atoms with Crippen LogP contribution < -0.4 is 4.74 Å². The third-order valence-corrected chi connectivity index (χ3v) is 5.81. The molecule has 1 aliphatic heterocycles. The van der Waals surface area contributed by atoms with Crippen molar-refractivity contribution in [1.29, 1.82) is 0 Å². The predicted molar refractivity (Wildman–Crippen MR) is 105 cm³/mol. The fraction of sp³-hybridized carbons (Fsp3) is 0.190. The summed E-state index contributed by atoms with van der Waals surface area (Å²) in [5.74, 6) is 0.674. The lowest BCUT2D eigenvalue weighted by Gasteiger charge is -2.06. The van der Waals surface area contributed by atoms with Crippen LogP contribution in [0.5, 0.6) is 5.75 Å². The van der Waals surface area contributed by atoms with Gasteiger partial charge in [-0.2, -0.15) is 8.42 Å². The van der Waals surface area contributed by atoms with Crippen LogP contribution in [0.2, 0.25) is 0 Å². The van der Waals surface area contributed by atoms with E-state index in [2.05, 4.69) is 5.16 Å². The van der Waals surface area contributed by atoms with E-state index in [1.165, 1.54) is 12.1 Å². The molecule has 138 valence electrons. The van der Waals surface area contributed by atoms with Crippen LogP contribution in [0.25, 0.3) is 10.8 Å². The van der Waals surface area contributed by atoms with Gasteiger partial charge in [-0.3, -0.25) is 4.28 Å². The Bertz CT molecular complexity index is 1130. The lowest BCUT2D eigenvalue weighted by Crippen LogP contribution is -2.18. The van der Waals surface area contributed by atoms with Gasteiger partial charge in [0.25, 0.3) is 0 Å². The first-order chi connectivity index (χ1) is 13.0. The summed E-state index contributed by atoms with van der Waals surface area (Å²) in [6.45, 7) is 3.83. The smallest absolute Gasteiger partial charge is 0.358 e. The summed E-state index contributed by atoms with van der Waals surface area (Å²) >= 11 is 0. The second-order valence-electron chi connectivity index (χ2n) is 6.42. The summed E-state index contributed by atoms with van der Waals surface area (Å²) in [7, 11) is -4.00. The lowest BCUT2D eigenvalue weighted by atomic mass is 10.00. The molecule has 3 aromatic rings. The van der Waals surface area contributed by atoms with Gasteiger partial charge >= 0.3 is 10.1 Å². The highest BCUT2D eigenvalue weighted by atomic mass is 32.2. The summed E-state index contributed by atoms with van der Waals surface area (Å²) in [5, 5.41) is 5.97. The Hall–Kier alpha value is -2.86. The molecule has 0 aromatic heterocycles. The van der Waals surface area contributed by atoms with Gasteiger partial charge in [-0.05, 0) is 47.9 Å². The zero-order chi connectivity index (χ0) is 19.0. The maximum absolute atomic E-state index is 12.5. The number of hydrogen-bond donors (Lipinski definition) is 0. The molecule has 0 fully saturated rings. The second kappa shape index (κ2) is 6.70. The highest BCUT2D eigenvalue weighted by molar-refractivity contribution is 7.86. The monoisotopic (exact) mass is 381 g/mol. The predicted octanol–water partition coefficient (Wildman–Crippen LogP) is 4.29. The van der Waals surface area contributed by atoms with Crippen molar-refractivity contribution in [2.24, 2.45) is 5.16 Å². The minimum absolute atomic E-state index is 0.0776. The van der Waals surface area contributed by atoms with E-state index >= 15 is 0 Å². The summed E-state index contributed by atoms with van der Waals surface area (Å²) in [4.78, 5) is 0.0776. The van der Waals surface area contributed by atoms with Gasteiger partial charge in [0.15, 0.2) is 0 Å². The minimum atomic E-state index is -4.00. The van der Waals surface area contributed by atoms with Crippen LogP contribution in [0.15, 0.2) is 70.7 Å². The van der Waals surface area contributed by atoms with Crippen LogP contribution in [0.3, 0.4) is 0 Å². The zero-order valence-electron chi connectivity index (χ0n) is 15.0.